The average Bonchev–Trinajstić information content (AvgIpc) is 2.50. The number of hydrogen-bond donors (Lipinski definition) is 1. The molecule has 1 N–H and O–H groups in total. The second kappa shape index (κ2) is 6.33. The molecule has 4 heteroatoms. The van der Waals surface area contributed by atoms with Gasteiger partial charge in [-0.2, -0.15) is 0 Å². The van der Waals surface area contributed by atoms with E-state index >= 15 is 0 Å². The Labute approximate surface area is 122 Å². The van der Waals surface area contributed by atoms with E-state index in [1.165, 1.54) is 38.5 Å². The van der Waals surface area contributed by atoms with Gasteiger partial charge in [-0.3, -0.25) is 0 Å². The molecule has 1 aliphatic carbocycles. The van der Waals surface area contributed by atoms with Crippen LogP contribution in [0.3, 0.4) is 0 Å². The van der Waals surface area contributed by atoms with Crippen LogP contribution in [-0.4, -0.2) is 42.3 Å². The summed E-state index contributed by atoms with van der Waals surface area (Å²) < 4.78 is 6.03. The monoisotopic (exact) mass is 280 g/mol. The SMILES string of the molecule is O=C(NC1CCCCC1)N1CCC2(CCCCO2)CC1. The normalized spacial score (nSPS) is 27.5. The van der Waals surface area contributed by atoms with Gasteiger partial charge in [0.2, 0.25) is 0 Å². The highest BCUT2D eigenvalue weighted by molar-refractivity contribution is 5.74. The molecule has 0 aromatic rings. The molecule has 1 spiro atoms. The van der Waals surface area contributed by atoms with Crippen LogP contribution in [-0.2, 0) is 4.74 Å². The summed E-state index contributed by atoms with van der Waals surface area (Å²) in [5, 5.41) is 3.23. The van der Waals surface area contributed by atoms with Gasteiger partial charge in [-0.15, -0.1) is 0 Å². The van der Waals surface area contributed by atoms with Crippen molar-refractivity contribution in [1.82, 2.24) is 10.2 Å². The number of hydrogen-bond acceptors (Lipinski definition) is 2. The summed E-state index contributed by atoms with van der Waals surface area (Å²) in [5.41, 5.74) is 0.0971. The maximum absolute atomic E-state index is 12.3. The first-order valence-corrected chi connectivity index (χ1v) is 8.47. The van der Waals surface area contributed by atoms with Crippen molar-refractivity contribution in [3.05, 3.63) is 0 Å². The summed E-state index contributed by atoms with van der Waals surface area (Å²) >= 11 is 0. The van der Waals surface area contributed by atoms with E-state index in [2.05, 4.69) is 5.32 Å². The minimum Gasteiger partial charge on any atom is -0.375 e. The van der Waals surface area contributed by atoms with Crippen LogP contribution in [0.1, 0.15) is 64.2 Å². The number of nitrogens with zero attached hydrogens (tertiary/aromatic N) is 1. The summed E-state index contributed by atoms with van der Waals surface area (Å²) in [6.07, 6.45) is 11.9. The molecule has 4 nitrogen and oxygen atoms in total. The van der Waals surface area contributed by atoms with Crippen LogP contribution < -0.4 is 5.32 Å². The van der Waals surface area contributed by atoms with Crippen LogP contribution >= 0.6 is 0 Å². The van der Waals surface area contributed by atoms with Gasteiger partial charge in [0, 0.05) is 25.7 Å². The molecule has 2 saturated heterocycles. The lowest BCUT2D eigenvalue weighted by Gasteiger charge is -2.44. The average molecular weight is 280 g/mol. The minimum atomic E-state index is 0.0971. The maximum Gasteiger partial charge on any atom is 0.317 e. The summed E-state index contributed by atoms with van der Waals surface area (Å²) in [5.74, 6) is 0. The first kappa shape index (κ1) is 14.2. The van der Waals surface area contributed by atoms with Gasteiger partial charge in [0.05, 0.1) is 5.60 Å². The van der Waals surface area contributed by atoms with Gasteiger partial charge in [-0.05, 0) is 44.9 Å². The number of carbonyl (C=O) groups is 1. The first-order valence-electron chi connectivity index (χ1n) is 8.47. The maximum atomic E-state index is 12.3. The van der Waals surface area contributed by atoms with Crippen LogP contribution in [0.4, 0.5) is 4.79 Å². The van der Waals surface area contributed by atoms with Crippen molar-refractivity contribution in [2.45, 2.75) is 75.9 Å². The van der Waals surface area contributed by atoms with Crippen molar-refractivity contribution in [2.24, 2.45) is 0 Å². The summed E-state index contributed by atoms with van der Waals surface area (Å²) in [6.45, 7) is 2.63. The van der Waals surface area contributed by atoms with Gasteiger partial charge in [0.1, 0.15) is 0 Å². The summed E-state index contributed by atoms with van der Waals surface area (Å²) in [4.78, 5) is 14.3. The van der Waals surface area contributed by atoms with Crippen LogP contribution in [0, 0.1) is 0 Å². The second-order valence-corrected chi connectivity index (χ2v) is 6.76. The third-order valence-electron chi connectivity index (χ3n) is 5.33. The van der Waals surface area contributed by atoms with Crippen molar-refractivity contribution in [2.75, 3.05) is 19.7 Å². The third-order valence-corrected chi connectivity index (χ3v) is 5.33. The van der Waals surface area contributed by atoms with E-state index < -0.39 is 0 Å². The Balaban J connectivity index is 1.46. The molecule has 0 aromatic carbocycles. The Morgan fingerprint density at radius 2 is 1.75 bits per heavy atom. The number of nitrogens with one attached hydrogen (secondary N) is 1. The number of ether oxygens (including phenoxy) is 1. The second-order valence-electron chi connectivity index (χ2n) is 6.76. The molecule has 0 unspecified atom stereocenters. The highest BCUT2D eigenvalue weighted by atomic mass is 16.5. The third kappa shape index (κ3) is 3.27. The van der Waals surface area contributed by atoms with E-state index in [0.29, 0.717) is 6.04 Å². The van der Waals surface area contributed by atoms with Gasteiger partial charge in [0.25, 0.3) is 0 Å². The van der Waals surface area contributed by atoms with Crippen LogP contribution in [0.2, 0.25) is 0 Å². The molecule has 3 aliphatic rings. The van der Waals surface area contributed by atoms with Crippen LogP contribution in [0.5, 0.6) is 0 Å². The molecule has 0 atom stereocenters. The molecule has 3 fully saturated rings. The van der Waals surface area contributed by atoms with E-state index in [0.717, 1.165) is 45.4 Å². The molecule has 0 radical (unpaired) electrons. The molecule has 2 aliphatic heterocycles. The molecule has 114 valence electrons. The molecular weight excluding hydrogens is 252 g/mol. The smallest absolute Gasteiger partial charge is 0.317 e. The Kier molecular flexibility index (Phi) is 4.49. The zero-order chi connectivity index (χ0) is 13.8. The van der Waals surface area contributed by atoms with Crippen molar-refractivity contribution >= 4 is 6.03 Å². The highest BCUT2D eigenvalue weighted by Crippen LogP contribution is 2.34. The van der Waals surface area contributed by atoms with Gasteiger partial charge in [-0.1, -0.05) is 19.3 Å². The minimum absolute atomic E-state index is 0.0971. The largest absolute Gasteiger partial charge is 0.375 e. The predicted octanol–water partition coefficient (Wildman–Crippen LogP) is 3.06. The lowest BCUT2D eigenvalue weighted by atomic mass is 9.84. The fraction of sp³-hybridized carbons (Fsp3) is 0.938. The van der Waals surface area contributed by atoms with E-state index in [-0.39, 0.29) is 11.6 Å². The molecule has 0 aromatic heterocycles. The van der Waals surface area contributed by atoms with Gasteiger partial charge >= 0.3 is 6.03 Å². The van der Waals surface area contributed by atoms with Crippen molar-refractivity contribution in [1.29, 1.82) is 0 Å². The Morgan fingerprint density at radius 3 is 2.40 bits per heavy atom. The molecular formula is C16H28N2O2. The Morgan fingerprint density at radius 1 is 1.00 bits per heavy atom. The van der Waals surface area contributed by atoms with Crippen molar-refractivity contribution in [3.63, 3.8) is 0 Å². The number of piperidine rings is 1. The number of likely N-dealkylation sites (tertiary alicyclic amines) is 1. The molecule has 2 amide bonds. The fourth-order valence-electron chi connectivity index (χ4n) is 3.93. The topological polar surface area (TPSA) is 41.6 Å². The number of carbonyl (C=O) groups excluding carboxylic acids is 1. The predicted molar refractivity (Wildman–Crippen MR) is 78.7 cm³/mol. The van der Waals surface area contributed by atoms with Crippen molar-refractivity contribution < 1.29 is 9.53 Å². The van der Waals surface area contributed by atoms with Crippen LogP contribution in [0.25, 0.3) is 0 Å². The molecule has 0 bridgehead atoms. The van der Waals surface area contributed by atoms with E-state index in [4.69, 9.17) is 4.74 Å². The van der Waals surface area contributed by atoms with Gasteiger partial charge < -0.3 is 15.0 Å². The molecule has 20 heavy (non-hydrogen) atoms. The number of amides is 2. The number of rotatable bonds is 1. The zero-order valence-electron chi connectivity index (χ0n) is 12.5. The zero-order valence-corrected chi connectivity index (χ0v) is 12.5. The Hall–Kier alpha value is -0.770. The quantitative estimate of drug-likeness (QED) is 0.802. The van der Waals surface area contributed by atoms with Gasteiger partial charge in [0.15, 0.2) is 0 Å². The van der Waals surface area contributed by atoms with E-state index in [1.807, 2.05) is 4.90 Å². The van der Waals surface area contributed by atoms with Gasteiger partial charge in [-0.25, -0.2) is 4.79 Å². The standard InChI is InChI=1S/C16H28N2O2/c19-15(17-14-6-2-1-3-7-14)18-11-9-16(10-12-18)8-4-5-13-20-16/h14H,1-13H2,(H,17,19). The summed E-state index contributed by atoms with van der Waals surface area (Å²) in [6, 6.07) is 0.570. The first-order chi connectivity index (χ1) is 9.77. The van der Waals surface area contributed by atoms with Crippen molar-refractivity contribution in [3.8, 4) is 0 Å². The van der Waals surface area contributed by atoms with E-state index in [9.17, 15) is 4.79 Å². The number of urea groups is 1. The molecule has 1 saturated carbocycles. The van der Waals surface area contributed by atoms with Crippen LogP contribution in [0.15, 0.2) is 0 Å². The molecule has 2 heterocycles. The lowest BCUT2D eigenvalue weighted by Crippen LogP contribution is -2.53. The summed E-state index contributed by atoms with van der Waals surface area (Å²) in [7, 11) is 0. The van der Waals surface area contributed by atoms with E-state index in [1.54, 1.807) is 0 Å². The fourth-order valence-corrected chi connectivity index (χ4v) is 3.93. The highest BCUT2D eigenvalue weighted by Gasteiger charge is 2.38. The molecule has 3 rings (SSSR count). The lowest BCUT2D eigenvalue weighted by molar-refractivity contribution is -0.106. The Bertz CT molecular complexity index is 323.